The first-order valence-corrected chi connectivity index (χ1v) is 10.9. The van der Waals surface area contributed by atoms with Crippen LogP contribution < -0.4 is 0 Å². The number of halogens is 3. The molecule has 1 aromatic rings. The van der Waals surface area contributed by atoms with Crippen LogP contribution in [0, 0.1) is 5.41 Å². The highest BCUT2D eigenvalue weighted by molar-refractivity contribution is 7.88. The van der Waals surface area contributed by atoms with Crippen LogP contribution in [0.15, 0.2) is 18.3 Å². The maximum Gasteiger partial charge on any atom is 0.490 e. The van der Waals surface area contributed by atoms with Crippen LogP contribution >= 0.6 is 0 Å². The van der Waals surface area contributed by atoms with Crippen LogP contribution in [-0.2, 0) is 26.1 Å². The molecule has 1 aromatic heterocycles. The highest BCUT2D eigenvalue weighted by Gasteiger charge is 2.40. The lowest BCUT2D eigenvalue weighted by Gasteiger charge is -2.42. The predicted molar refractivity (Wildman–Crippen MR) is 98.7 cm³/mol. The first-order chi connectivity index (χ1) is 13.4. The van der Waals surface area contributed by atoms with Gasteiger partial charge in [-0.1, -0.05) is 0 Å². The van der Waals surface area contributed by atoms with Gasteiger partial charge >= 0.3 is 12.1 Å². The van der Waals surface area contributed by atoms with Gasteiger partial charge in [-0.15, -0.1) is 0 Å². The molecule has 1 spiro atoms. The van der Waals surface area contributed by atoms with Crippen LogP contribution in [0.2, 0.25) is 0 Å². The van der Waals surface area contributed by atoms with Gasteiger partial charge in [0.1, 0.15) is 0 Å². The summed E-state index contributed by atoms with van der Waals surface area (Å²) in [6, 6.07) is 4.12. The number of likely N-dealkylation sites (tertiary alicyclic amines) is 1. The third-order valence-electron chi connectivity index (χ3n) is 5.09. The lowest BCUT2D eigenvalue weighted by molar-refractivity contribution is -0.192. The number of piperidine rings is 1. The summed E-state index contributed by atoms with van der Waals surface area (Å²) in [4.78, 5) is 14.6. The first-order valence-electron chi connectivity index (χ1n) is 9.09. The van der Waals surface area contributed by atoms with Gasteiger partial charge in [0.05, 0.1) is 19.5 Å². The van der Waals surface area contributed by atoms with Gasteiger partial charge in [0.25, 0.3) is 0 Å². The number of carboxylic acid groups (broad SMARTS) is 1. The number of carbonyl (C=O) groups is 1. The van der Waals surface area contributed by atoms with Crippen molar-refractivity contribution in [1.82, 2.24) is 14.2 Å². The molecular weight excluding hydrogens is 415 g/mol. The van der Waals surface area contributed by atoms with E-state index in [4.69, 9.17) is 14.6 Å². The molecule has 0 radical (unpaired) electrons. The standard InChI is InChI=1S/C15H25N3O3S.C2HF3O2/c1-22(19,20)18-9-10-21-13-15(12-18)4-7-17(8-5-15)11-14-3-2-6-16-14;3-2(4,5)1(6)7/h2-3,6,16H,4-5,7-13H2,1H3;(H,6,7). The van der Waals surface area contributed by atoms with Crippen molar-refractivity contribution in [3.05, 3.63) is 24.0 Å². The second-order valence-electron chi connectivity index (χ2n) is 7.42. The Kier molecular flexibility index (Phi) is 7.71. The molecule has 3 heterocycles. The normalized spacial score (nSPS) is 21.2. The molecule has 0 aromatic carbocycles. The van der Waals surface area contributed by atoms with Crippen LogP contribution in [-0.4, -0.2) is 85.5 Å². The number of carboxylic acids is 1. The number of hydrogen-bond donors (Lipinski definition) is 2. The minimum Gasteiger partial charge on any atom is -0.475 e. The lowest BCUT2D eigenvalue weighted by Crippen LogP contribution is -2.48. The first kappa shape index (κ1) is 23.6. The van der Waals surface area contributed by atoms with Gasteiger partial charge in [0.2, 0.25) is 10.0 Å². The Morgan fingerprint density at radius 3 is 2.41 bits per heavy atom. The van der Waals surface area contributed by atoms with Crippen molar-refractivity contribution in [3.63, 3.8) is 0 Å². The summed E-state index contributed by atoms with van der Waals surface area (Å²) in [6.07, 6.45) is 0.135. The van der Waals surface area contributed by atoms with E-state index in [0.717, 1.165) is 32.5 Å². The number of aromatic amines is 1. The molecule has 0 saturated carbocycles. The van der Waals surface area contributed by atoms with Crippen LogP contribution in [0.3, 0.4) is 0 Å². The van der Waals surface area contributed by atoms with Crippen molar-refractivity contribution in [1.29, 1.82) is 0 Å². The van der Waals surface area contributed by atoms with Gasteiger partial charge in [-0.25, -0.2) is 13.2 Å². The number of sulfonamides is 1. The third-order valence-corrected chi connectivity index (χ3v) is 6.34. The summed E-state index contributed by atoms with van der Waals surface area (Å²) in [7, 11) is -3.14. The van der Waals surface area contributed by atoms with Gasteiger partial charge in [-0.05, 0) is 38.1 Å². The van der Waals surface area contributed by atoms with Crippen LogP contribution in [0.5, 0.6) is 0 Å². The van der Waals surface area contributed by atoms with E-state index in [2.05, 4.69) is 16.0 Å². The topological polar surface area (TPSA) is 103 Å². The molecule has 29 heavy (non-hydrogen) atoms. The highest BCUT2D eigenvalue weighted by atomic mass is 32.2. The molecule has 2 fully saturated rings. The second kappa shape index (κ2) is 9.45. The molecule has 2 N–H and O–H groups in total. The quantitative estimate of drug-likeness (QED) is 0.738. The number of rotatable bonds is 3. The van der Waals surface area contributed by atoms with E-state index in [9.17, 15) is 21.6 Å². The minimum absolute atomic E-state index is 0.0220. The Labute approximate surface area is 167 Å². The largest absolute Gasteiger partial charge is 0.490 e. The van der Waals surface area contributed by atoms with Crippen LogP contribution in [0.25, 0.3) is 0 Å². The molecular formula is C17H26F3N3O5S. The zero-order valence-electron chi connectivity index (χ0n) is 16.1. The Morgan fingerprint density at radius 2 is 1.93 bits per heavy atom. The average molecular weight is 441 g/mol. The summed E-state index contributed by atoms with van der Waals surface area (Å²) in [5, 5.41) is 7.12. The molecule has 3 rings (SSSR count). The van der Waals surface area contributed by atoms with Gasteiger partial charge in [-0.3, -0.25) is 4.90 Å². The van der Waals surface area contributed by atoms with Crippen LogP contribution in [0.4, 0.5) is 13.2 Å². The van der Waals surface area contributed by atoms with Crippen LogP contribution in [0.1, 0.15) is 18.5 Å². The predicted octanol–water partition coefficient (Wildman–Crippen LogP) is 1.52. The fourth-order valence-corrected chi connectivity index (χ4v) is 4.35. The average Bonchev–Trinajstić information content (AvgIpc) is 3.02. The van der Waals surface area contributed by atoms with E-state index >= 15 is 0 Å². The number of ether oxygens (including phenoxy) is 1. The molecule has 0 bridgehead atoms. The van der Waals surface area contributed by atoms with Crippen molar-refractivity contribution in [2.24, 2.45) is 5.41 Å². The molecule has 8 nitrogen and oxygen atoms in total. The number of aliphatic carboxylic acids is 1. The number of nitrogens with one attached hydrogen (secondary N) is 1. The second-order valence-corrected chi connectivity index (χ2v) is 9.41. The number of H-pyrrole nitrogens is 1. The summed E-state index contributed by atoms with van der Waals surface area (Å²) in [6.45, 7) is 5.16. The van der Waals surface area contributed by atoms with E-state index in [-0.39, 0.29) is 5.41 Å². The Balaban J connectivity index is 0.000000370. The monoisotopic (exact) mass is 441 g/mol. The lowest BCUT2D eigenvalue weighted by atomic mass is 9.79. The van der Waals surface area contributed by atoms with Gasteiger partial charge in [0.15, 0.2) is 0 Å². The molecule has 0 unspecified atom stereocenters. The number of aromatic nitrogens is 1. The zero-order valence-corrected chi connectivity index (χ0v) is 16.9. The molecule has 0 aliphatic carbocycles. The fraction of sp³-hybridized carbons (Fsp3) is 0.706. The van der Waals surface area contributed by atoms with E-state index in [1.54, 1.807) is 4.31 Å². The fourth-order valence-electron chi connectivity index (χ4n) is 3.43. The van der Waals surface area contributed by atoms with Crippen molar-refractivity contribution in [2.45, 2.75) is 25.6 Å². The van der Waals surface area contributed by atoms with E-state index in [1.807, 2.05) is 12.3 Å². The van der Waals surface area contributed by atoms with Crippen molar-refractivity contribution >= 4 is 16.0 Å². The molecule has 12 heteroatoms. The number of alkyl halides is 3. The Bertz CT molecular complexity index is 760. The molecule has 2 saturated heterocycles. The maximum atomic E-state index is 11.9. The van der Waals surface area contributed by atoms with Gasteiger partial charge in [-0.2, -0.15) is 17.5 Å². The summed E-state index contributed by atoms with van der Waals surface area (Å²) in [5.41, 5.74) is 1.21. The van der Waals surface area contributed by atoms with Crippen molar-refractivity contribution in [3.8, 4) is 0 Å². The molecule has 166 valence electrons. The third kappa shape index (κ3) is 7.28. The Hall–Kier alpha value is -1.63. The molecule has 0 atom stereocenters. The zero-order chi connectivity index (χ0) is 21.7. The van der Waals surface area contributed by atoms with Crippen molar-refractivity contribution < 1.29 is 36.2 Å². The number of hydrogen-bond acceptors (Lipinski definition) is 5. The van der Waals surface area contributed by atoms with Gasteiger partial charge in [0, 0.05) is 36.9 Å². The summed E-state index contributed by atoms with van der Waals surface area (Å²) < 4.78 is 62.9. The van der Waals surface area contributed by atoms with E-state index < -0.39 is 22.2 Å². The van der Waals surface area contributed by atoms with E-state index in [1.165, 1.54) is 11.9 Å². The van der Waals surface area contributed by atoms with E-state index in [0.29, 0.717) is 26.3 Å². The molecule has 2 aliphatic rings. The Morgan fingerprint density at radius 1 is 1.31 bits per heavy atom. The SMILES string of the molecule is CS(=O)(=O)N1CCOCC2(CCN(Cc3ccc[nH]3)CC2)C1.O=C(O)C(F)(F)F. The minimum atomic E-state index is -5.08. The summed E-state index contributed by atoms with van der Waals surface area (Å²) in [5.74, 6) is -2.76. The smallest absolute Gasteiger partial charge is 0.475 e. The summed E-state index contributed by atoms with van der Waals surface area (Å²) >= 11 is 0. The maximum absolute atomic E-state index is 11.9. The number of nitrogens with zero attached hydrogens (tertiary/aromatic N) is 2. The van der Waals surface area contributed by atoms with Gasteiger partial charge < -0.3 is 14.8 Å². The molecule has 0 amide bonds. The molecule has 2 aliphatic heterocycles. The van der Waals surface area contributed by atoms with Crippen molar-refractivity contribution in [2.75, 3.05) is 45.6 Å². The highest BCUT2D eigenvalue weighted by Crippen LogP contribution is 2.35.